The molecule has 106 valence electrons. The maximum atomic E-state index is 11.2. The van der Waals surface area contributed by atoms with Gasteiger partial charge < -0.3 is 14.6 Å². The van der Waals surface area contributed by atoms with Gasteiger partial charge in [0.15, 0.2) is 5.13 Å². The summed E-state index contributed by atoms with van der Waals surface area (Å²) in [5.74, 6) is -0.860. The van der Waals surface area contributed by atoms with Gasteiger partial charge in [0.2, 0.25) is 0 Å². The van der Waals surface area contributed by atoms with Gasteiger partial charge in [-0.2, -0.15) is 0 Å². The van der Waals surface area contributed by atoms with Crippen molar-refractivity contribution < 1.29 is 9.90 Å². The number of carboxylic acids is 1. The highest BCUT2D eigenvalue weighted by Gasteiger charge is 2.24. The number of thiazole rings is 1. The van der Waals surface area contributed by atoms with Crippen molar-refractivity contribution in [2.75, 3.05) is 18.0 Å². The first-order valence-electron chi connectivity index (χ1n) is 6.41. The van der Waals surface area contributed by atoms with Crippen molar-refractivity contribution in [3.63, 3.8) is 0 Å². The lowest BCUT2D eigenvalue weighted by Crippen LogP contribution is -2.35. The molecule has 3 rings (SSSR count). The Balaban J connectivity index is 1.69. The van der Waals surface area contributed by atoms with E-state index in [4.69, 9.17) is 0 Å². The van der Waals surface area contributed by atoms with E-state index in [2.05, 4.69) is 25.8 Å². The summed E-state index contributed by atoms with van der Waals surface area (Å²) in [7, 11) is 0. The van der Waals surface area contributed by atoms with Crippen LogP contribution in [-0.2, 0) is 0 Å². The van der Waals surface area contributed by atoms with Crippen LogP contribution in [0.3, 0.4) is 0 Å². The first kappa shape index (κ1) is 13.6. The standard InChI is InChI=1S/C13H14BrN3O2S/c14-11-8-20-13(15-11)16-6-3-9(4-7-16)17-5-1-2-10(17)12(18)19/h1-2,5,8-9H,3-4,6-7H2,(H,18,19). The van der Waals surface area contributed by atoms with Gasteiger partial charge in [0.1, 0.15) is 10.3 Å². The largest absolute Gasteiger partial charge is 0.477 e. The molecule has 2 aromatic rings. The van der Waals surface area contributed by atoms with E-state index in [9.17, 15) is 9.90 Å². The van der Waals surface area contributed by atoms with Crippen molar-refractivity contribution in [3.8, 4) is 0 Å². The third kappa shape index (κ3) is 2.60. The Kier molecular flexibility index (Phi) is 3.80. The van der Waals surface area contributed by atoms with E-state index in [-0.39, 0.29) is 6.04 Å². The quantitative estimate of drug-likeness (QED) is 0.917. The van der Waals surface area contributed by atoms with Gasteiger partial charge in [0, 0.05) is 30.7 Å². The molecule has 0 spiro atoms. The van der Waals surface area contributed by atoms with Crippen molar-refractivity contribution in [1.29, 1.82) is 0 Å². The van der Waals surface area contributed by atoms with E-state index in [1.807, 2.05) is 16.1 Å². The van der Waals surface area contributed by atoms with Crippen molar-refractivity contribution in [3.05, 3.63) is 34.0 Å². The fraction of sp³-hybridized carbons (Fsp3) is 0.385. The molecule has 20 heavy (non-hydrogen) atoms. The molecule has 1 aliphatic rings. The third-order valence-corrected chi connectivity index (χ3v) is 5.20. The molecule has 1 fully saturated rings. The lowest BCUT2D eigenvalue weighted by molar-refractivity contribution is 0.0681. The van der Waals surface area contributed by atoms with E-state index < -0.39 is 5.97 Å². The topological polar surface area (TPSA) is 58.4 Å². The first-order valence-corrected chi connectivity index (χ1v) is 8.08. The second-order valence-electron chi connectivity index (χ2n) is 4.78. The number of aromatic nitrogens is 2. The number of piperidine rings is 1. The Hall–Kier alpha value is -1.34. The van der Waals surface area contributed by atoms with Gasteiger partial charge in [-0.1, -0.05) is 0 Å². The fourth-order valence-corrected chi connectivity index (χ4v) is 3.92. The van der Waals surface area contributed by atoms with Gasteiger partial charge in [0.25, 0.3) is 0 Å². The summed E-state index contributed by atoms with van der Waals surface area (Å²) in [5, 5.41) is 12.2. The second kappa shape index (κ2) is 5.57. The number of hydrogen-bond acceptors (Lipinski definition) is 4. The summed E-state index contributed by atoms with van der Waals surface area (Å²) in [4.78, 5) is 17.9. The van der Waals surface area contributed by atoms with Crippen LogP contribution in [0.15, 0.2) is 28.3 Å². The average molecular weight is 356 g/mol. The molecule has 2 aromatic heterocycles. The van der Waals surface area contributed by atoms with Crippen LogP contribution in [0.5, 0.6) is 0 Å². The Morgan fingerprint density at radius 3 is 2.80 bits per heavy atom. The Labute approximate surface area is 129 Å². The molecule has 1 saturated heterocycles. The summed E-state index contributed by atoms with van der Waals surface area (Å²) < 4.78 is 2.76. The fourth-order valence-electron chi connectivity index (χ4n) is 2.62. The van der Waals surface area contributed by atoms with E-state index in [0.717, 1.165) is 35.7 Å². The second-order valence-corrected chi connectivity index (χ2v) is 6.43. The molecular formula is C13H14BrN3O2S. The Bertz CT molecular complexity index is 617. The van der Waals surface area contributed by atoms with Gasteiger partial charge in [-0.15, -0.1) is 11.3 Å². The number of halogens is 1. The summed E-state index contributed by atoms with van der Waals surface area (Å²) in [6.45, 7) is 1.81. The molecule has 5 nitrogen and oxygen atoms in total. The van der Waals surface area contributed by atoms with Crippen molar-refractivity contribution >= 4 is 38.4 Å². The zero-order valence-corrected chi connectivity index (χ0v) is 13.1. The highest BCUT2D eigenvalue weighted by atomic mass is 79.9. The summed E-state index contributed by atoms with van der Waals surface area (Å²) in [6, 6.07) is 3.72. The molecule has 0 atom stereocenters. The van der Waals surface area contributed by atoms with E-state index in [1.165, 1.54) is 0 Å². The summed E-state index contributed by atoms with van der Waals surface area (Å²) in [5.41, 5.74) is 0.375. The van der Waals surface area contributed by atoms with Crippen LogP contribution in [0, 0.1) is 0 Å². The van der Waals surface area contributed by atoms with Crippen LogP contribution < -0.4 is 4.90 Å². The van der Waals surface area contributed by atoms with Gasteiger partial charge in [0.05, 0.1) is 0 Å². The van der Waals surface area contributed by atoms with Crippen LogP contribution >= 0.6 is 27.3 Å². The van der Waals surface area contributed by atoms with Crippen molar-refractivity contribution in [2.24, 2.45) is 0 Å². The van der Waals surface area contributed by atoms with Crippen LogP contribution in [-0.4, -0.2) is 33.7 Å². The predicted molar refractivity (Wildman–Crippen MR) is 81.7 cm³/mol. The molecule has 0 bridgehead atoms. The van der Waals surface area contributed by atoms with Crippen LogP contribution in [0.25, 0.3) is 0 Å². The Morgan fingerprint density at radius 1 is 1.45 bits per heavy atom. The van der Waals surface area contributed by atoms with E-state index in [0.29, 0.717) is 5.69 Å². The van der Waals surface area contributed by atoms with E-state index in [1.54, 1.807) is 23.5 Å². The lowest BCUT2D eigenvalue weighted by Gasteiger charge is -2.33. The molecule has 0 aromatic carbocycles. The highest BCUT2D eigenvalue weighted by molar-refractivity contribution is 9.10. The zero-order valence-electron chi connectivity index (χ0n) is 10.7. The molecular weight excluding hydrogens is 342 g/mol. The SMILES string of the molecule is O=C(O)c1cccn1C1CCN(c2nc(Br)cs2)CC1. The minimum atomic E-state index is -0.860. The summed E-state index contributed by atoms with van der Waals surface area (Å²) >= 11 is 5.00. The lowest BCUT2D eigenvalue weighted by atomic mass is 10.1. The normalized spacial score (nSPS) is 16.6. The zero-order chi connectivity index (χ0) is 14.1. The molecule has 0 saturated carbocycles. The molecule has 1 N–H and O–H groups in total. The van der Waals surface area contributed by atoms with Crippen LogP contribution in [0.2, 0.25) is 0 Å². The smallest absolute Gasteiger partial charge is 0.352 e. The average Bonchev–Trinajstić information content (AvgIpc) is 3.07. The molecule has 0 radical (unpaired) electrons. The monoisotopic (exact) mass is 355 g/mol. The third-order valence-electron chi connectivity index (χ3n) is 3.59. The number of hydrogen-bond donors (Lipinski definition) is 1. The van der Waals surface area contributed by atoms with Gasteiger partial charge in [-0.3, -0.25) is 0 Å². The molecule has 3 heterocycles. The van der Waals surface area contributed by atoms with Crippen molar-refractivity contribution in [2.45, 2.75) is 18.9 Å². The Morgan fingerprint density at radius 2 is 2.20 bits per heavy atom. The number of carboxylic acid groups (broad SMARTS) is 1. The molecule has 0 amide bonds. The van der Waals surface area contributed by atoms with Gasteiger partial charge >= 0.3 is 5.97 Å². The molecule has 0 aliphatic carbocycles. The predicted octanol–water partition coefficient (Wildman–Crippen LogP) is 3.25. The minimum absolute atomic E-state index is 0.260. The number of nitrogens with zero attached hydrogens (tertiary/aromatic N) is 3. The maximum Gasteiger partial charge on any atom is 0.352 e. The number of carbonyl (C=O) groups is 1. The van der Waals surface area contributed by atoms with Gasteiger partial charge in [-0.05, 0) is 40.9 Å². The number of anilines is 1. The highest BCUT2D eigenvalue weighted by Crippen LogP contribution is 2.30. The first-order chi connectivity index (χ1) is 9.65. The number of aromatic carboxylic acids is 1. The molecule has 0 unspecified atom stereocenters. The summed E-state index contributed by atoms with van der Waals surface area (Å²) in [6.07, 6.45) is 3.74. The minimum Gasteiger partial charge on any atom is -0.477 e. The molecule has 1 aliphatic heterocycles. The maximum absolute atomic E-state index is 11.2. The van der Waals surface area contributed by atoms with Crippen molar-refractivity contribution in [1.82, 2.24) is 9.55 Å². The van der Waals surface area contributed by atoms with Crippen LogP contribution in [0.1, 0.15) is 29.4 Å². The van der Waals surface area contributed by atoms with E-state index >= 15 is 0 Å². The van der Waals surface area contributed by atoms with Gasteiger partial charge in [-0.25, -0.2) is 9.78 Å². The van der Waals surface area contributed by atoms with Crippen LogP contribution in [0.4, 0.5) is 5.13 Å². The molecule has 7 heteroatoms. The number of rotatable bonds is 3.